The molecule has 0 amide bonds. The van der Waals surface area contributed by atoms with Crippen LogP contribution in [-0.2, 0) is 16.0 Å². The highest BCUT2D eigenvalue weighted by atomic mass is 16.6. The normalized spacial score (nSPS) is 17.8. The predicted octanol–water partition coefficient (Wildman–Crippen LogP) is 4.35. The maximum Gasteiger partial charge on any atom is 0.310 e. The molecule has 0 saturated carbocycles. The number of hydrogen-bond donors (Lipinski definition) is 1. The summed E-state index contributed by atoms with van der Waals surface area (Å²) in [6.45, 7) is 0.119. The molecule has 1 saturated heterocycles. The fourth-order valence-corrected chi connectivity index (χ4v) is 3.89. The zero-order valence-electron chi connectivity index (χ0n) is 17.9. The number of ether oxygens (including phenoxy) is 1. The summed E-state index contributed by atoms with van der Waals surface area (Å²) in [5.41, 5.74) is 4.00. The number of rotatable bonds is 8. The molecule has 3 aromatic carbocycles. The van der Waals surface area contributed by atoms with Crippen LogP contribution in [0, 0.1) is 32.1 Å². The molecule has 34 heavy (non-hydrogen) atoms. The number of cyclic esters (lactones) is 1. The van der Waals surface area contributed by atoms with E-state index in [1.165, 1.54) is 6.07 Å². The Morgan fingerprint density at radius 1 is 0.971 bits per heavy atom. The molecular formula is C24H20N4O6. The van der Waals surface area contributed by atoms with Crippen molar-refractivity contribution >= 4 is 28.7 Å². The Labute approximate surface area is 194 Å². The van der Waals surface area contributed by atoms with Crippen molar-refractivity contribution in [2.45, 2.75) is 6.42 Å². The summed E-state index contributed by atoms with van der Waals surface area (Å²) in [5.74, 6) is -1.23. The Kier molecular flexibility index (Phi) is 6.58. The third-order valence-electron chi connectivity index (χ3n) is 5.60. The van der Waals surface area contributed by atoms with E-state index in [1.807, 2.05) is 60.7 Å². The third-order valence-corrected chi connectivity index (χ3v) is 5.60. The second-order valence-corrected chi connectivity index (χ2v) is 7.72. The lowest BCUT2D eigenvalue weighted by Gasteiger charge is -2.18. The number of carbonyl (C=O) groups excluding carboxylic acids is 1. The molecular weight excluding hydrogens is 440 g/mol. The Morgan fingerprint density at radius 3 is 2.29 bits per heavy atom. The second-order valence-electron chi connectivity index (χ2n) is 7.72. The summed E-state index contributed by atoms with van der Waals surface area (Å²) in [4.78, 5) is 33.7. The molecule has 0 aromatic heterocycles. The number of nitro benzene ring substituents is 2. The first-order valence-corrected chi connectivity index (χ1v) is 10.5. The molecule has 10 heteroatoms. The highest BCUT2D eigenvalue weighted by Crippen LogP contribution is 2.32. The lowest BCUT2D eigenvalue weighted by molar-refractivity contribution is -0.393. The van der Waals surface area contributed by atoms with Crippen LogP contribution in [0.1, 0.15) is 11.1 Å². The van der Waals surface area contributed by atoms with Crippen molar-refractivity contribution in [1.29, 1.82) is 0 Å². The molecule has 0 radical (unpaired) electrons. The van der Waals surface area contributed by atoms with E-state index in [0.29, 0.717) is 12.1 Å². The molecule has 1 N–H and O–H groups in total. The number of benzene rings is 3. The molecule has 0 bridgehead atoms. The minimum absolute atomic E-state index is 0.00566. The fourth-order valence-electron chi connectivity index (χ4n) is 3.89. The van der Waals surface area contributed by atoms with Crippen molar-refractivity contribution in [3.8, 4) is 0 Å². The zero-order chi connectivity index (χ0) is 24.1. The highest BCUT2D eigenvalue weighted by Gasteiger charge is 2.40. The van der Waals surface area contributed by atoms with E-state index in [9.17, 15) is 25.0 Å². The number of non-ortho nitro benzene ring substituents is 1. The minimum Gasteiger partial charge on any atom is -0.465 e. The number of hydrogen-bond acceptors (Lipinski definition) is 8. The Bertz CT molecular complexity index is 1250. The van der Waals surface area contributed by atoms with Crippen molar-refractivity contribution in [2.75, 3.05) is 12.0 Å². The third kappa shape index (κ3) is 4.90. The quantitative estimate of drug-likeness (QED) is 0.228. The minimum atomic E-state index is -0.715. The molecule has 2 atom stereocenters. The van der Waals surface area contributed by atoms with Gasteiger partial charge in [0.1, 0.15) is 12.3 Å². The van der Waals surface area contributed by atoms with E-state index < -0.39 is 33.1 Å². The number of hydrazone groups is 1. The number of anilines is 1. The molecule has 0 aliphatic carbocycles. The van der Waals surface area contributed by atoms with Crippen LogP contribution < -0.4 is 5.43 Å². The van der Waals surface area contributed by atoms with E-state index in [-0.39, 0.29) is 18.3 Å². The average Bonchev–Trinajstić information content (AvgIpc) is 3.20. The van der Waals surface area contributed by atoms with Crippen LogP contribution >= 0.6 is 0 Å². The van der Waals surface area contributed by atoms with Crippen LogP contribution in [0.25, 0.3) is 0 Å². The van der Waals surface area contributed by atoms with Crippen molar-refractivity contribution in [3.63, 3.8) is 0 Å². The predicted molar refractivity (Wildman–Crippen MR) is 124 cm³/mol. The molecule has 1 aliphatic heterocycles. The fraction of sp³-hybridized carbons (Fsp3) is 0.167. The van der Waals surface area contributed by atoms with Gasteiger partial charge in [-0.25, -0.2) is 0 Å². The summed E-state index contributed by atoms with van der Waals surface area (Å²) in [6, 6.07) is 22.0. The molecule has 1 aliphatic rings. The maximum absolute atomic E-state index is 12.6. The van der Waals surface area contributed by atoms with Crippen LogP contribution in [-0.4, -0.2) is 28.1 Å². The van der Waals surface area contributed by atoms with Crippen LogP contribution in [0.4, 0.5) is 17.1 Å². The van der Waals surface area contributed by atoms with Gasteiger partial charge in [0.25, 0.3) is 5.69 Å². The Morgan fingerprint density at radius 2 is 1.65 bits per heavy atom. The van der Waals surface area contributed by atoms with E-state index in [2.05, 4.69) is 10.5 Å². The summed E-state index contributed by atoms with van der Waals surface area (Å²) >= 11 is 0. The summed E-state index contributed by atoms with van der Waals surface area (Å²) < 4.78 is 5.38. The van der Waals surface area contributed by atoms with E-state index in [4.69, 9.17) is 4.74 Å². The topological polar surface area (TPSA) is 137 Å². The smallest absolute Gasteiger partial charge is 0.310 e. The van der Waals surface area contributed by atoms with Gasteiger partial charge in [-0.2, -0.15) is 5.10 Å². The molecule has 0 spiro atoms. The van der Waals surface area contributed by atoms with Crippen molar-refractivity contribution in [1.82, 2.24) is 0 Å². The molecule has 10 nitrogen and oxygen atoms in total. The van der Waals surface area contributed by atoms with Crippen LogP contribution in [0.2, 0.25) is 0 Å². The largest absolute Gasteiger partial charge is 0.465 e. The summed E-state index contributed by atoms with van der Waals surface area (Å²) in [6.07, 6.45) is 0.452. The van der Waals surface area contributed by atoms with Gasteiger partial charge >= 0.3 is 11.7 Å². The SMILES string of the molecule is O=C1OCC(C(=NNc2ccc([N+](=O)[O-])cc2[N+](=O)[O-])c2ccccc2)C1Cc1ccccc1. The first-order valence-electron chi connectivity index (χ1n) is 10.5. The van der Waals surface area contributed by atoms with E-state index >= 15 is 0 Å². The average molecular weight is 460 g/mol. The number of esters is 1. The van der Waals surface area contributed by atoms with Gasteiger partial charge < -0.3 is 4.74 Å². The van der Waals surface area contributed by atoms with Gasteiger partial charge in [-0.05, 0) is 23.6 Å². The standard InChI is InChI=1S/C24H20N4O6/c29-24-19(13-16-7-3-1-4-8-16)20(15-34-24)23(17-9-5-2-6-10-17)26-25-21-12-11-18(27(30)31)14-22(21)28(32)33/h1-12,14,19-20,25H,13,15H2. The van der Waals surface area contributed by atoms with Crippen LogP contribution in [0.3, 0.4) is 0 Å². The molecule has 2 unspecified atom stereocenters. The van der Waals surface area contributed by atoms with Crippen LogP contribution in [0.15, 0.2) is 84.0 Å². The molecule has 1 heterocycles. The van der Waals surface area contributed by atoms with Gasteiger partial charge in [-0.3, -0.25) is 30.4 Å². The monoisotopic (exact) mass is 460 g/mol. The molecule has 172 valence electrons. The van der Waals surface area contributed by atoms with Crippen LogP contribution in [0.5, 0.6) is 0 Å². The summed E-state index contributed by atoms with van der Waals surface area (Å²) in [5, 5.41) is 27.0. The Balaban J connectivity index is 1.71. The molecule has 1 fully saturated rings. The zero-order valence-corrected chi connectivity index (χ0v) is 17.9. The Hall–Kier alpha value is -4.60. The van der Waals surface area contributed by atoms with Gasteiger partial charge in [0.15, 0.2) is 0 Å². The van der Waals surface area contributed by atoms with Gasteiger partial charge in [-0.15, -0.1) is 0 Å². The number of nitrogens with zero attached hydrogens (tertiary/aromatic N) is 3. The van der Waals surface area contributed by atoms with Gasteiger partial charge in [0.2, 0.25) is 0 Å². The van der Waals surface area contributed by atoms with Crippen molar-refractivity contribution < 1.29 is 19.4 Å². The lowest BCUT2D eigenvalue weighted by atomic mass is 9.83. The second kappa shape index (κ2) is 9.90. The first-order chi connectivity index (χ1) is 16.4. The van der Waals surface area contributed by atoms with Gasteiger partial charge in [-0.1, -0.05) is 60.7 Å². The summed E-state index contributed by atoms with van der Waals surface area (Å²) in [7, 11) is 0. The number of carbonyl (C=O) groups is 1. The number of nitro groups is 2. The lowest BCUT2D eigenvalue weighted by Crippen LogP contribution is -2.27. The molecule has 4 rings (SSSR count). The first kappa shape index (κ1) is 22.6. The van der Waals surface area contributed by atoms with Crippen molar-refractivity contribution in [2.24, 2.45) is 16.9 Å². The number of nitrogens with one attached hydrogen (secondary N) is 1. The van der Waals surface area contributed by atoms with Gasteiger partial charge in [0, 0.05) is 6.07 Å². The maximum atomic E-state index is 12.6. The van der Waals surface area contributed by atoms with Crippen molar-refractivity contribution in [3.05, 3.63) is 110 Å². The highest BCUT2D eigenvalue weighted by molar-refractivity contribution is 6.05. The van der Waals surface area contributed by atoms with Gasteiger partial charge in [0.05, 0.1) is 33.5 Å². The van der Waals surface area contributed by atoms with E-state index in [0.717, 1.165) is 23.3 Å². The molecule has 3 aromatic rings. The van der Waals surface area contributed by atoms with E-state index in [1.54, 1.807) is 0 Å².